The second-order valence-corrected chi connectivity index (χ2v) is 7.90. The minimum atomic E-state index is -3.53. The van der Waals surface area contributed by atoms with Crippen LogP contribution in [0.4, 0.5) is 0 Å². The van der Waals surface area contributed by atoms with Crippen molar-refractivity contribution in [3.05, 3.63) is 34.9 Å². The Bertz CT molecular complexity index is 689. The number of sulfonamides is 1. The molecule has 2 heterocycles. The number of hydrogen-bond donors (Lipinski definition) is 2. The van der Waals surface area contributed by atoms with Crippen molar-refractivity contribution in [3.8, 4) is 0 Å². The van der Waals surface area contributed by atoms with E-state index in [0.29, 0.717) is 28.4 Å². The summed E-state index contributed by atoms with van der Waals surface area (Å²) in [4.78, 5) is 3.97. The van der Waals surface area contributed by atoms with Crippen LogP contribution in [0.1, 0.15) is 31.1 Å². The van der Waals surface area contributed by atoms with Gasteiger partial charge >= 0.3 is 0 Å². The molecule has 0 unspecified atom stereocenters. The van der Waals surface area contributed by atoms with Gasteiger partial charge in [0.05, 0.1) is 12.7 Å². The van der Waals surface area contributed by atoms with Crippen molar-refractivity contribution in [2.75, 3.05) is 0 Å². The second-order valence-electron chi connectivity index (χ2n) is 5.00. The SMILES string of the molecule is Cc1cnc(CNS(=O)(=O)c2cc(CNC(C)C)cs2)o1. The lowest BCUT2D eigenvalue weighted by atomic mass is 10.3. The molecule has 8 heteroatoms. The van der Waals surface area contributed by atoms with Gasteiger partial charge in [-0.05, 0) is 23.9 Å². The van der Waals surface area contributed by atoms with Crippen LogP contribution in [0.2, 0.25) is 0 Å². The number of oxazole rings is 1. The molecular formula is C13H19N3O3S2. The Labute approximate surface area is 128 Å². The van der Waals surface area contributed by atoms with E-state index in [1.54, 1.807) is 19.2 Å². The first-order valence-corrected chi connectivity index (χ1v) is 8.95. The van der Waals surface area contributed by atoms with Crippen LogP contribution in [-0.4, -0.2) is 19.4 Å². The fraction of sp³-hybridized carbons (Fsp3) is 0.462. The van der Waals surface area contributed by atoms with Gasteiger partial charge in [0.2, 0.25) is 5.89 Å². The van der Waals surface area contributed by atoms with Gasteiger partial charge < -0.3 is 9.73 Å². The van der Waals surface area contributed by atoms with Crippen LogP contribution in [0.5, 0.6) is 0 Å². The molecule has 2 aromatic heterocycles. The molecule has 6 nitrogen and oxygen atoms in total. The molecule has 2 N–H and O–H groups in total. The van der Waals surface area contributed by atoms with Gasteiger partial charge in [0, 0.05) is 12.6 Å². The molecule has 0 radical (unpaired) electrons. The average Bonchev–Trinajstić information content (AvgIpc) is 3.03. The molecule has 0 aliphatic heterocycles. The summed E-state index contributed by atoms with van der Waals surface area (Å²) in [6.07, 6.45) is 1.56. The number of rotatable bonds is 7. The molecule has 0 atom stereocenters. The summed E-state index contributed by atoms with van der Waals surface area (Å²) < 4.78 is 32.4. The summed E-state index contributed by atoms with van der Waals surface area (Å²) in [5, 5.41) is 5.10. The number of aromatic nitrogens is 1. The third-order valence-corrected chi connectivity index (χ3v) is 5.58. The Morgan fingerprint density at radius 1 is 1.38 bits per heavy atom. The van der Waals surface area contributed by atoms with Crippen LogP contribution in [0.15, 0.2) is 26.3 Å². The van der Waals surface area contributed by atoms with E-state index >= 15 is 0 Å². The Balaban J connectivity index is 1.99. The van der Waals surface area contributed by atoms with Crippen molar-refractivity contribution < 1.29 is 12.8 Å². The number of thiophene rings is 1. The molecular weight excluding hydrogens is 310 g/mol. The topological polar surface area (TPSA) is 84.2 Å². The normalized spacial score (nSPS) is 12.2. The van der Waals surface area contributed by atoms with Crippen LogP contribution in [0.25, 0.3) is 0 Å². The average molecular weight is 329 g/mol. The zero-order valence-corrected chi connectivity index (χ0v) is 13.8. The first-order chi connectivity index (χ1) is 9.87. The maximum Gasteiger partial charge on any atom is 0.250 e. The van der Waals surface area contributed by atoms with E-state index in [2.05, 4.69) is 15.0 Å². The van der Waals surface area contributed by atoms with Gasteiger partial charge in [-0.3, -0.25) is 0 Å². The molecule has 0 bridgehead atoms. The van der Waals surface area contributed by atoms with Crippen LogP contribution in [-0.2, 0) is 23.1 Å². The summed E-state index contributed by atoms with van der Waals surface area (Å²) in [6.45, 7) is 6.56. The molecule has 0 saturated carbocycles. The van der Waals surface area contributed by atoms with E-state index in [1.165, 1.54) is 11.3 Å². The van der Waals surface area contributed by atoms with Crippen molar-refractivity contribution in [3.63, 3.8) is 0 Å². The predicted octanol–water partition coefficient (Wildman–Crippen LogP) is 2.02. The number of nitrogens with zero attached hydrogens (tertiary/aromatic N) is 1. The third kappa shape index (κ3) is 4.63. The smallest absolute Gasteiger partial charge is 0.250 e. The fourth-order valence-corrected chi connectivity index (χ4v) is 3.85. The van der Waals surface area contributed by atoms with E-state index < -0.39 is 10.0 Å². The maximum absolute atomic E-state index is 12.2. The lowest BCUT2D eigenvalue weighted by Crippen LogP contribution is -2.23. The van der Waals surface area contributed by atoms with Crippen molar-refractivity contribution in [1.29, 1.82) is 0 Å². The van der Waals surface area contributed by atoms with Crippen LogP contribution >= 0.6 is 11.3 Å². The van der Waals surface area contributed by atoms with Gasteiger partial charge in [-0.15, -0.1) is 11.3 Å². The predicted molar refractivity (Wildman–Crippen MR) is 81.6 cm³/mol. The van der Waals surface area contributed by atoms with E-state index in [4.69, 9.17) is 4.42 Å². The second kappa shape index (κ2) is 6.69. The molecule has 0 aromatic carbocycles. The summed E-state index contributed by atoms with van der Waals surface area (Å²) >= 11 is 1.21. The highest BCUT2D eigenvalue weighted by molar-refractivity contribution is 7.91. The molecule has 0 aliphatic rings. The molecule has 0 saturated heterocycles. The third-order valence-electron chi connectivity index (χ3n) is 2.69. The van der Waals surface area contributed by atoms with Crippen LogP contribution in [0, 0.1) is 6.92 Å². The Morgan fingerprint density at radius 2 is 2.14 bits per heavy atom. The molecule has 0 spiro atoms. The summed E-state index contributed by atoms with van der Waals surface area (Å²) in [7, 11) is -3.53. The molecule has 116 valence electrons. The lowest BCUT2D eigenvalue weighted by Gasteiger charge is -2.05. The van der Waals surface area contributed by atoms with Gasteiger partial charge in [-0.2, -0.15) is 0 Å². The number of nitrogens with one attached hydrogen (secondary N) is 2. The first kappa shape index (κ1) is 16.2. The van der Waals surface area contributed by atoms with E-state index in [1.807, 2.05) is 19.2 Å². The Morgan fingerprint density at radius 3 is 2.76 bits per heavy atom. The molecule has 0 aliphatic carbocycles. The first-order valence-electron chi connectivity index (χ1n) is 6.58. The highest BCUT2D eigenvalue weighted by atomic mass is 32.2. The largest absolute Gasteiger partial charge is 0.445 e. The van der Waals surface area contributed by atoms with Crippen LogP contribution in [0.3, 0.4) is 0 Å². The van der Waals surface area contributed by atoms with Gasteiger partial charge in [0.15, 0.2) is 0 Å². The standard InChI is InChI=1S/C13H19N3O3S2/c1-9(2)14-6-11-4-13(20-8-11)21(17,18)16-7-12-15-5-10(3)19-12/h4-5,8-9,14,16H,6-7H2,1-3H3. The molecule has 2 aromatic rings. The van der Waals surface area contributed by atoms with Crippen molar-refractivity contribution in [2.45, 2.75) is 44.1 Å². The highest BCUT2D eigenvalue weighted by Crippen LogP contribution is 2.20. The van der Waals surface area contributed by atoms with Crippen molar-refractivity contribution in [1.82, 2.24) is 15.0 Å². The molecule has 0 amide bonds. The van der Waals surface area contributed by atoms with Gasteiger partial charge in [0.25, 0.3) is 10.0 Å². The molecule has 0 fully saturated rings. The van der Waals surface area contributed by atoms with E-state index in [-0.39, 0.29) is 6.54 Å². The zero-order chi connectivity index (χ0) is 15.5. The Hall–Kier alpha value is -1.22. The maximum atomic E-state index is 12.2. The lowest BCUT2D eigenvalue weighted by molar-refractivity contribution is 0.463. The minimum absolute atomic E-state index is 0.0493. The van der Waals surface area contributed by atoms with E-state index in [9.17, 15) is 8.42 Å². The number of aryl methyl sites for hydroxylation is 1. The van der Waals surface area contributed by atoms with Crippen LogP contribution < -0.4 is 10.0 Å². The molecule has 21 heavy (non-hydrogen) atoms. The minimum Gasteiger partial charge on any atom is -0.445 e. The Kier molecular flexibility index (Phi) is 5.15. The summed E-state index contributed by atoms with van der Waals surface area (Å²) in [6, 6.07) is 2.04. The summed E-state index contributed by atoms with van der Waals surface area (Å²) in [5.41, 5.74) is 0.959. The van der Waals surface area contributed by atoms with Crippen molar-refractivity contribution >= 4 is 21.4 Å². The van der Waals surface area contributed by atoms with Gasteiger partial charge in [-0.1, -0.05) is 13.8 Å². The quantitative estimate of drug-likeness (QED) is 0.812. The monoisotopic (exact) mass is 329 g/mol. The van der Waals surface area contributed by atoms with E-state index in [0.717, 1.165) is 5.56 Å². The van der Waals surface area contributed by atoms with Gasteiger partial charge in [-0.25, -0.2) is 18.1 Å². The zero-order valence-electron chi connectivity index (χ0n) is 12.2. The number of hydrogen-bond acceptors (Lipinski definition) is 6. The van der Waals surface area contributed by atoms with Gasteiger partial charge in [0.1, 0.15) is 9.97 Å². The highest BCUT2D eigenvalue weighted by Gasteiger charge is 2.17. The molecule has 2 rings (SSSR count). The fourth-order valence-electron chi connectivity index (χ4n) is 1.62. The van der Waals surface area contributed by atoms with Crippen molar-refractivity contribution in [2.24, 2.45) is 0 Å². The summed E-state index contributed by atoms with van der Waals surface area (Å²) in [5.74, 6) is 1.01.